The van der Waals surface area contributed by atoms with E-state index in [0.29, 0.717) is 11.6 Å². The van der Waals surface area contributed by atoms with Crippen LogP contribution in [0.1, 0.15) is 19.3 Å². The van der Waals surface area contributed by atoms with Gasteiger partial charge in [-0.2, -0.15) is 0 Å². The van der Waals surface area contributed by atoms with Gasteiger partial charge in [-0.1, -0.05) is 11.6 Å². The van der Waals surface area contributed by atoms with Crippen molar-refractivity contribution in [2.24, 2.45) is 0 Å². The lowest BCUT2D eigenvalue weighted by atomic mass is 10.00. The van der Waals surface area contributed by atoms with E-state index in [-0.39, 0.29) is 18.1 Å². The Morgan fingerprint density at radius 3 is 2.50 bits per heavy atom. The lowest BCUT2D eigenvalue weighted by Crippen LogP contribution is -2.67. The largest absolute Gasteiger partial charge is 0.487 e. The van der Waals surface area contributed by atoms with Gasteiger partial charge in [0.25, 0.3) is 0 Å². The number of likely N-dealkylation sites (tertiary alicyclic amines) is 1. The summed E-state index contributed by atoms with van der Waals surface area (Å²) in [5.41, 5.74) is 0. The molecule has 20 heavy (non-hydrogen) atoms. The number of nitrogens with one attached hydrogen (secondary N) is 1. The van der Waals surface area contributed by atoms with Crippen LogP contribution in [-0.2, 0) is 4.79 Å². The van der Waals surface area contributed by atoms with E-state index in [1.807, 2.05) is 17.0 Å². The highest BCUT2D eigenvalue weighted by Crippen LogP contribution is 2.21. The van der Waals surface area contributed by atoms with Crippen molar-refractivity contribution < 1.29 is 9.53 Å². The van der Waals surface area contributed by atoms with Crippen LogP contribution in [0.3, 0.4) is 0 Å². The fourth-order valence-corrected chi connectivity index (χ4v) is 2.81. The molecule has 0 bridgehead atoms. The number of piperidine rings is 1. The Kier molecular flexibility index (Phi) is 4.13. The fraction of sp³-hybridized carbons (Fsp3) is 0.533. The highest BCUT2D eigenvalue weighted by Gasteiger charge is 2.40. The Morgan fingerprint density at radius 1 is 1.20 bits per heavy atom. The van der Waals surface area contributed by atoms with E-state index in [9.17, 15) is 4.79 Å². The zero-order valence-corrected chi connectivity index (χ0v) is 12.1. The Hall–Kier alpha value is -1.26. The monoisotopic (exact) mass is 294 g/mol. The Morgan fingerprint density at radius 2 is 1.90 bits per heavy atom. The van der Waals surface area contributed by atoms with Crippen molar-refractivity contribution in [3.05, 3.63) is 29.3 Å². The molecule has 1 N–H and O–H groups in total. The van der Waals surface area contributed by atoms with Gasteiger partial charge in [-0.15, -0.1) is 0 Å². The molecule has 0 aromatic heterocycles. The van der Waals surface area contributed by atoms with E-state index in [1.54, 1.807) is 12.1 Å². The molecule has 0 spiro atoms. The molecule has 108 valence electrons. The van der Waals surface area contributed by atoms with Gasteiger partial charge in [0, 0.05) is 24.7 Å². The fourth-order valence-electron chi connectivity index (χ4n) is 2.69. The Balaban J connectivity index is 1.58. The first-order valence-electron chi connectivity index (χ1n) is 7.18. The summed E-state index contributed by atoms with van der Waals surface area (Å²) in [5.74, 6) is 0.937. The minimum Gasteiger partial charge on any atom is -0.487 e. The number of carbonyl (C=O) groups is 1. The summed E-state index contributed by atoms with van der Waals surface area (Å²) in [6, 6.07) is 7.06. The van der Waals surface area contributed by atoms with Crippen LogP contribution in [-0.4, -0.2) is 42.6 Å². The van der Waals surface area contributed by atoms with Crippen LogP contribution >= 0.6 is 11.6 Å². The number of nitrogens with zero attached hydrogens (tertiary/aromatic N) is 1. The average molecular weight is 295 g/mol. The predicted molar refractivity (Wildman–Crippen MR) is 78.1 cm³/mol. The van der Waals surface area contributed by atoms with Crippen LogP contribution < -0.4 is 10.1 Å². The summed E-state index contributed by atoms with van der Waals surface area (Å²) in [4.78, 5) is 14.4. The number of hydrogen-bond acceptors (Lipinski definition) is 3. The summed E-state index contributed by atoms with van der Waals surface area (Å²) in [7, 11) is 0. The molecular formula is C15H19ClN2O2. The SMILES string of the molecule is O=C([C@H]1NC[C@H]1Oc1ccc(Cl)cc1)N1CCCCC1. The number of halogens is 1. The minimum atomic E-state index is -0.205. The second-order valence-corrected chi connectivity index (χ2v) is 5.82. The van der Waals surface area contributed by atoms with Gasteiger partial charge in [0.05, 0.1) is 0 Å². The van der Waals surface area contributed by atoms with Crippen LogP contribution in [0.4, 0.5) is 0 Å². The van der Waals surface area contributed by atoms with Crippen molar-refractivity contribution in [3.8, 4) is 5.75 Å². The molecule has 1 amide bonds. The van der Waals surface area contributed by atoms with Gasteiger partial charge < -0.3 is 9.64 Å². The minimum absolute atomic E-state index is 0.0781. The summed E-state index contributed by atoms with van der Waals surface area (Å²) >= 11 is 5.85. The van der Waals surface area contributed by atoms with Crippen LogP contribution in [0.2, 0.25) is 5.02 Å². The normalized spacial score (nSPS) is 25.9. The van der Waals surface area contributed by atoms with E-state index in [0.717, 1.165) is 31.7 Å². The molecule has 0 unspecified atom stereocenters. The smallest absolute Gasteiger partial charge is 0.243 e. The molecule has 2 atom stereocenters. The quantitative estimate of drug-likeness (QED) is 0.928. The van der Waals surface area contributed by atoms with E-state index in [1.165, 1.54) is 6.42 Å². The lowest BCUT2D eigenvalue weighted by Gasteiger charge is -2.40. The average Bonchev–Trinajstić information content (AvgIpc) is 2.46. The van der Waals surface area contributed by atoms with Crippen LogP contribution in [0.5, 0.6) is 5.75 Å². The molecule has 4 nitrogen and oxygen atoms in total. The summed E-state index contributed by atoms with van der Waals surface area (Å²) in [5, 5.41) is 3.87. The van der Waals surface area contributed by atoms with Crippen molar-refractivity contribution in [3.63, 3.8) is 0 Å². The van der Waals surface area contributed by atoms with Crippen molar-refractivity contribution in [2.75, 3.05) is 19.6 Å². The van der Waals surface area contributed by atoms with Gasteiger partial charge in [-0.25, -0.2) is 0 Å². The van der Waals surface area contributed by atoms with E-state index in [4.69, 9.17) is 16.3 Å². The number of carbonyl (C=O) groups excluding carboxylic acids is 1. The summed E-state index contributed by atoms with van der Waals surface area (Å²) < 4.78 is 5.86. The van der Waals surface area contributed by atoms with Crippen molar-refractivity contribution >= 4 is 17.5 Å². The number of rotatable bonds is 3. The van der Waals surface area contributed by atoms with Gasteiger partial charge >= 0.3 is 0 Å². The highest BCUT2D eigenvalue weighted by atomic mass is 35.5. The topological polar surface area (TPSA) is 41.6 Å². The van der Waals surface area contributed by atoms with Gasteiger partial charge in [0.1, 0.15) is 17.9 Å². The number of ether oxygens (including phenoxy) is 1. The molecule has 1 aromatic carbocycles. The van der Waals surface area contributed by atoms with Crippen molar-refractivity contribution in [1.29, 1.82) is 0 Å². The maximum absolute atomic E-state index is 12.4. The van der Waals surface area contributed by atoms with Gasteiger partial charge in [-0.05, 0) is 43.5 Å². The third-order valence-corrected chi connectivity index (χ3v) is 4.20. The molecule has 5 heteroatoms. The molecule has 2 aliphatic heterocycles. The van der Waals surface area contributed by atoms with E-state index >= 15 is 0 Å². The zero-order valence-electron chi connectivity index (χ0n) is 11.3. The molecule has 2 heterocycles. The molecule has 0 radical (unpaired) electrons. The molecule has 2 aliphatic rings. The van der Waals surface area contributed by atoms with E-state index in [2.05, 4.69) is 5.32 Å². The van der Waals surface area contributed by atoms with Crippen molar-refractivity contribution in [1.82, 2.24) is 10.2 Å². The lowest BCUT2D eigenvalue weighted by molar-refractivity contribution is -0.140. The molecule has 2 saturated heterocycles. The third-order valence-electron chi connectivity index (χ3n) is 3.95. The molecule has 3 rings (SSSR count). The number of amides is 1. The Bertz CT molecular complexity index is 471. The first-order chi connectivity index (χ1) is 9.74. The van der Waals surface area contributed by atoms with Gasteiger partial charge in [-0.3, -0.25) is 10.1 Å². The molecule has 0 aliphatic carbocycles. The standard InChI is InChI=1S/C15H19ClN2O2/c16-11-4-6-12(7-5-11)20-13-10-17-14(13)15(19)18-8-2-1-3-9-18/h4-7,13-14,17H,1-3,8-10H2/t13-,14+/m1/s1. The molecule has 1 aromatic rings. The third kappa shape index (κ3) is 2.91. The second-order valence-electron chi connectivity index (χ2n) is 5.38. The van der Waals surface area contributed by atoms with Crippen molar-refractivity contribution in [2.45, 2.75) is 31.4 Å². The molecular weight excluding hydrogens is 276 g/mol. The first-order valence-corrected chi connectivity index (χ1v) is 7.56. The summed E-state index contributed by atoms with van der Waals surface area (Å²) in [6.07, 6.45) is 3.38. The van der Waals surface area contributed by atoms with E-state index < -0.39 is 0 Å². The number of hydrogen-bond donors (Lipinski definition) is 1. The highest BCUT2D eigenvalue weighted by molar-refractivity contribution is 6.30. The Labute approximate surface area is 124 Å². The maximum atomic E-state index is 12.4. The summed E-state index contributed by atoms with van der Waals surface area (Å²) in [6.45, 7) is 2.47. The van der Waals surface area contributed by atoms with Gasteiger partial charge in [0.15, 0.2) is 0 Å². The van der Waals surface area contributed by atoms with Gasteiger partial charge in [0.2, 0.25) is 5.91 Å². The molecule has 0 saturated carbocycles. The molecule has 2 fully saturated rings. The maximum Gasteiger partial charge on any atom is 0.243 e. The number of benzene rings is 1. The second kappa shape index (κ2) is 6.02. The van der Waals surface area contributed by atoms with Crippen LogP contribution in [0, 0.1) is 0 Å². The predicted octanol–water partition coefficient (Wildman–Crippen LogP) is 2.07. The first kappa shape index (κ1) is 13.7. The van der Waals surface area contributed by atoms with Crippen LogP contribution in [0.15, 0.2) is 24.3 Å². The van der Waals surface area contributed by atoms with Crippen LogP contribution in [0.25, 0.3) is 0 Å². The zero-order chi connectivity index (χ0) is 13.9.